The summed E-state index contributed by atoms with van der Waals surface area (Å²) < 4.78 is 1.72. The van der Waals surface area contributed by atoms with Gasteiger partial charge in [0.05, 0.1) is 12.7 Å². The molecule has 6 nitrogen and oxygen atoms in total. The van der Waals surface area contributed by atoms with E-state index in [4.69, 9.17) is 0 Å². The molecule has 0 aliphatic carbocycles. The fraction of sp³-hybridized carbons (Fsp3) is 0.471. The summed E-state index contributed by atoms with van der Waals surface area (Å²) in [6, 6.07) is 10.0. The average molecular weight is 313 g/mol. The first-order chi connectivity index (χ1) is 11.1. The van der Waals surface area contributed by atoms with Gasteiger partial charge >= 0.3 is 0 Å². The summed E-state index contributed by atoms with van der Waals surface area (Å²) in [5.74, 6) is 0.541. The van der Waals surface area contributed by atoms with Crippen molar-refractivity contribution in [1.82, 2.24) is 24.8 Å². The van der Waals surface area contributed by atoms with Gasteiger partial charge in [-0.3, -0.25) is 4.79 Å². The highest BCUT2D eigenvalue weighted by Gasteiger charge is 2.28. The summed E-state index contributed by atoms with van der Waals surface area (Å²) in [6.07, 6.45) is 2.80. The van der Waals surface area contributed by atoms with Crippen molar-refractivity contribution in [1.29, 1.82) is 0 Å². The lowest BCUT2D eigenvalue weighted by atomic mass is 10.1. The second kappa shape index (κ2) is 6.91. The first-order valence-corrected chi connectivity index (χ1v) is 8.00. The van der Waals surface area contributed by atoms with E-state index < -0.39 is 0 Å². The third kappa shape index (κ3) is 3.96. The highest BCUT2D eigenvalue weighted by Crippen LogP contribution is 2.18. The van der Waals surface area contributed by atoms with Gasteiger partial charge in [0.1, 0.15) is 0 Å². The zero-order chi connectivity index (χ0) is 16.2. The Hall–Kier alpha value is -2.21. The van der Waals surface area contributed by atoms with Gasteiger partial charge in [0.2, 0.25) is 0 Å². The Kier molecular flexibility index (Phi) is 4.71. The quantitative estimate of drug-likeness (QED) is 0.836. The highest BCUT2D eigenvalue weighted by atomic mass is 16.2. The Morgan fingerprint density at radius 1 is 1.30 bits per heavy atom. The van der Waals surface area contributed by atoms with Crippen LogP contribution in [0.2, 0.25) is 0 Å². The molecule has 0 unspecified atom stereocenters. The van der Waals surface area contributed by atoms with Crippen molar-refractivity contribution in [3.63, 3.8) is 0 Å². The minimum Gasteiger partial charge on any atom is -0.337 e. The van der Waals surface area contributed by atoms with Crippen LogP contribution >= 0.6 is 0 Å². The lowest BCUT2D eigenvalue weighted by Crippen LogP contribution is -2.31. The van der Waals surface area contributed by atoms with Crippen molar-refractivity contribution in [3.05, 3.63) is 47.8 Å². The van der Waals surface area contributed by atoms with E-state index in [0.717, 1.165) is 31.6 Å². The Morgan fingerprint density at radius 3 is 2.83 bits per heavy atom. The van der Waals surface area contributed by atoms with E-state index in [-0.39, 0.29) is 5.91 Å². The molecular formula is C17H23N5O. The second-order valence-electron chi connectivity index (χ2n) is 6.46. The summed E-state index contributed by atoms with van der Waals surface area (Å²) in [7, 11) is 4.14. The molecule has 1 atom stereocenters. The molecule has 23 heavy (non-hydrogen) atoms. The van der Waals surface area contributed by atoms with Crippen molar-refractivity contribution < 1.29 is 4.79 Å². The zero-order valence-electron chi connectivity index (χ0n) is 13.7. The monoisotopic (exact) mass is 313 g/mol. The van der Waals surface area contributed by atoms with Crippen LogP contribution in [0.5, 0.6) is 0 Å². The molecule has 1 fully saturated rings. The highest BCUT2D eigenvalue weighted by molar-refractivity contribution is 5.92. The lowest BCUT2D eigenvalue weighted by Gasteiger charge is -2.17. The van der Waals surface area contributed by atoms with E-state index in [1.807, 2.05) is 35.2 Å². The van der Waals surface area contributed by atoms with Gasteiger partial charge in [0, 0.05) is 19.6 Å². The molecule has 0 N–H and O–H groups in total. The van der Waals surface area contributed by atoms with Crippen LogP contribution in [0.4, 0.5) is 0 Å². The average Bonchev–Trinajstić information content (AvgIpc) is 3.17. The van der Waals surface area contributed by atoms with Crippen LogP contribution < -0.4 is 0 Å². The van der Waals surface area contributed by atoms with Crippen LogP contribution in [0.1, 0.15) is 22.5 Å². The molecule has 1 aromatic heterocycles. The number of rotatable bonds is 5. The van der Waals surface area contributed by atoms with Crippen LogP contribution in [-0.4, -0.2) is 64.4 Å². The first kappa shape index (κ1) is 15.7. The maximum Gasteiger partial charge on any atom is 0.276 e. The second-order valence-corrected chi connectivity index (χ2v) is 6.46. The van der Waals surface area contributed by atoms with Crippen LogP contribution in [0, 0.1) is 5.92 Å². The van der Waals surface area contributed by atoms with Crippen molar-refractivity contribution in [3.8, 4) is 0 Å². The van der Waals surface area contributed by atoms with Crippen molar-refractivity contribution in [2.75, 3.05) is 33.7 Å². The Balaban J connectivity index is 1.61. The van der Waals surface area contributed by atoms with Gasteiger partial charge in [-0.25, -0.2) is 4.68 Å². The number of likely N-dealkylation sites (tertiary alicyclic amines) is 1. The molecule has 0 radical (unpaired) electrons. The van der Waals surface area contributed by atoms with Gasteiger partial charge in [-0.2, -0.15) is 0 Å². The molecule has 0 bridgehead atoms. The molecule has 1 aliphatic rings. The van der Waals surface area contributed by atoms with E-state index in [2.05, 4.69) is 29.3 Å². The molecule has 122 valence electrons. The summed E-state index contributed by atoms with van der Waals surface area (Å²) in [5.41, 5.74) is 1.58. The largest absolute Gasteiger partial charge is 0.337 e. The van der Waals surface area contributed by atoms with Gasteiger partial charge in [0.25, 0.3) is 5.91 Å². The van der Waals surface area contributed by atoms with Crippen molar-refractivity contribution in [2.45, 2.75) is 13.0 Å². The number of carbonyl (C=O) groups excluding carboxylic acids is 1. The Bertz CT molecular complexity index is 652. The minimum atomic E-state index is -0.00873. The van der Waals surface area contributed by atoms with Crippen molar-refractivity contribution in [2.24, 2.45) is 5.92 Å². The number of hydrogen-bond donors (Lipinski definition) is 0. The fourth-order valence-electron chi connectivity index (χ4n) is 3.09. The summed E-state index contributed by atoms with van der Waals surface area (Å²) in [4.78, 5) is 16.6. The maximum atomic E-state index is 12.5. The fourth-order valence-corrected chi connectivity index (χ4v) is 3.09. The predicted molar refractivity (Wildman–Crippen MR) is 88.1 cm³/mol. The van der Waals surface area contributed by atoms with E-state index in [9.17, 15) is 4.79 Å². The minimum absolute atomic E-state index is 0.00873. The van der Waals surface area contributed by atoms with Crippen LogP contribution in [-0.2, 0) is 6.54 Å². The predicted octanol–water partition coefficient (Wildman–Crippen LogP) is 1.35. The van der Waals surface area contributed by atoms with Gasteiger partial charge in [-0.05, 0) is 32.0 Å². The SMILES string of the molecule is CN(C)C[C@H]1CCN(C(=O)c2cn(Cc3ccccc3)nn2)C1. The number of carbonyl (C=O) groups is 1. The molecule has 1 amide bonds. The van der Waals surface area contributed by atoms with E-state index in [1.165, 1.54) is 0 Å². The molecule has 0 spiro atoms. The topological polar surface area (TPSA) is 54.3 Å². The summed E-state index contributed by atoms with van der Waals surface area (Å²) >= 11 is 0. The zero-order valence-corrected chi connectivity index (χ0v) is 13.7. The number of amides is 1. The molecule has 1 aromatic carbocycles. The van der Waals surface area contributed by atoms with Gasteiger partial charge in [0.15, 0.2) is 5.69 Å². The molecule has 2 heterocycles. The Labute approximate surface area is 136 Å². The number of aromatic nitrogens is 3. The standard InChI is InChI=1S/C17H23N5O/c1-20(2)10-15-8-9-21(11-15)17(23)16-13-22(19-18-16)12-14-6-4-3-5-7-14/h3-7,13,15H,8-12H2,1-2H3/t15-/m1/s1. The van der Waals surface area contributed by atoms with Gasteiger partial charge in [-0.15, -0.1) is 5.10 Å². The molecule has 0 saturated carbocycles. The molecule has 3 rings (SSSR count). The van der Waals surface area contributed by atoms with Crippen LogP contribution in [0.25, 0.3) is 0 Å². The molecular weight excluding hydrogens is 290 g/mol. The van der Waals surface area contributed by atoms with Crippen LogP contribution in [0.3, 0.4) is 0 Å². The van der Waals surface area contributed by atoms with Gasteiger partial charge in [-0.1, -0.05) is 35.5 Å². The van der Waals surface area contributed by atoms with E-state index >= 15 is 0 Å². The number of hydrogen-bond acceptors (Lipinski definition) is 4. The van der Waals surface area contributed by atoms with Crippen LogP contribution in [0.15, 0.2) is 36.5 Å². The summed E-state index contributed by atoms with van der Waals surface area (Å²) in [6.45, 7) is 3.26. The van der Waals surface area contributed by atoms with E-state index in [0.29, 0.717) is 18.2 Å². The number of nitrogens with zero attached hydrogens (tertiary/aromatic N) is 5. The third-order valence-corrected chi connectivity index (χ3v) is 4.14. The molecule has 1 saturated heterocycles. The Morgan fingerprint density at radius 2 is 2.09 bits per heavy atom. The smallest absolute Gasteiger partial charge is 0.276 e. The summed E-state index contributed by atoms with van der Waals surface area (Å²) in [5, 5.41) is 8.14. The molecule has 6 heteroatoms. The molecule has 1 aliphatic heterocycles. The third-order valence-electron chi connectivity index (χ3n) is 4.14. The normalized spacial score (nSPS) is 17.9. The van der Waals surface area contributed by atoms with E-state index in [1.54, 1.807) is 10.9 Å². The van der Waals surface area contributed by atoms with Gasteiger partial charge < -0.3 is 9.80 Å². The maximum absolute atomic E-state index is 12.5. The number of benzene rings is 1. The van der Waals surface area contributed by atoms with Crippen molar-refractivity contribution >= 4 is 5.91 Å². The lowest BCUT2D eigenvalue weighted by molar-refractivity contribution is 0.0779. The first-order valence-electron chi connectivity index (χ1n) is 8.00. The molecule has 2 aromatic rings.